The molecule has 0 saturated heterocycles. The van der Waals surface area contributed by atoms with Crippen LogP contribution in [-0.4, -0.2) is 33.7 Å². The molecule has 0 fully saturated rings. The first-order valence-electron chi connectivity index (χ1n) is 10.1. The van der Waals surface area contributed by atoms with E-state index in [1.165, 1.54) is 16.1 Å². The van der Waals surface area contributed by atoms with Crippen molar-refractivity contribution in [3.63, 3.8) is 0 Å². The molecule has 6 heteroatoms. The lowest BCUT2D eigenvalue weighted by atomic mass is 10.0. The minimum absolute atomic E-state index is 0.0540. The van der Waals surface area contributed by atoms with Crippen LogP contribution in [-0.2, 0) is 21.2 Å². The van der Waals surface area contributed by atoms with E-state index in [1.54, 1.807) is 0 Å². The maximum atomic E-state index is 12.4. The molecule has 0 aliphatic heterocycles. The van der Waals surface area contributed by atoms with Gasteiger partial charge < -0.3 is 5.32 Å². The van der Waals surface area contributed by atoms with Crippen molar-refractivity contribution in [1.82, 2.24) is 5.32 Å². The molecule has 0 radical (unpaired) electrons. The average Bonchev–Trinajstić information content (AvgIpc) is 2.69. The van der Waals surface area contributed by atoms with Gasteiger partial charge in [-0.3, -0.25) is 9.10 Å². The summed E-state index contributed by atoms with van der Waals surface area (Å²) in [5.74, 6) is 0.175. The van der Waals surface area contributed by atoms with Crippen molar-refractivity contribution in [1.29, 1.82) is 0 Å². The summed E-state index contributed by atoms with van der Waals surface area (Å²) in [7, 11) is -3.43. The van der Waals surface area contributed by atoms with Crippen LogP contribution in [0.25, 0.3) is 0 Å². The van der Waals surface area contributed by atoms with Gasteiger partial charge in [0.1, 0.15) is 0 Å². The molecule has 2 aromatic rings. The Morgan fingerprint density at radius 1 is 1.10 bits per heavy atom. The number of nitrogens with zero attached hydrogens (tertiary/aromatic N) is 1. The van der Waals surface area contributed by atoms with Crippen LogP contribution in [0.2, 0.25) is 0 Å². The van der Waals surface area contributed by atoms with Gasteiger partial charge in [0.2, 0.25) is 15.9 Å². The predicted octanol–water partition coefficient (Wildman–Crippen LogP) is 4.02. The number of benzene rings is 2. The van der Waals surface area contributed by atoms with E-state index < -0.39 is 10.0 Å². The van der Waals surface area contributed by atoms with E-state index in [0.29, 0.717) is 25.9 Å². The van der Waals surface area contributed by atoms with Crippen molar-refractivity contribution in [3.8, 4) is 0 Å². The van der Waals surface area contributed by atoms with Crippen molar-refractivity contribution in [2.75, 3.05) is 23.7 Å². The maximum absolute atomic E-state index is 12.4. The highest BCUT2D eigenvalue weighted by molar-refractivity contribution is 7.92. The van der Waals surface area contributed by atoms with E-state index in [0.717, 1.165) is 23.2 Å². The SMILES string of the molecule is CCc1cccc(C)c1N(CCCC(=O)NC[C@@H](C)c1ccccc1)S(C)(=O)=O. The number of amides is 1. The zero-order valence-corrected chi connectivity index (χ0v) is 18.6. The number of rotatable bonds is 10. The summed E-state index contributed by atoms with van der Waals surface area (Å²) in [5.41, 5.74) is 3.85. The summed E-state index contributed by atoms with van der Waals surface area (Å²) in [6.45, 7) is 6.87. The van der Waals surface area contributed by atoms with Crippen LogP contribution in [0.15, 0.2) is 48.5 Å². The zero-order valence-electron chi connectivity index (χ0n) is 17.8. The Labute approximate surface area is 175 Å². The molecule has 0 heterocycles. The highest BCUT2D eigenvalue weighted by Crippen LogP contribution is 2.28. The fourth-order valence-electron chi connectivity index (χ4n) is 3.44. The van der Waals surface area contributed by atoms with Gasteiger partial charge in [0.15, 0.2) is 0 Å². The van der Waals surface area contributed by atoms with Gasteiger partial charge in [-0.05, 0) is 42.4 Å². The van der Waals surface area contributed by atoms with Crippen molar-refractivity contribution in [2.45, 2.75) is 46.0 Å². The lowest BCUT2D eigenvalue weighted by Crippen LogP contribution is -2.34. The molecule has 0 aromatic heterocycles. The zero-order chi connectivity index (χ0) is 21.4. The van der Waals surface area contributed by atoms with Crippen molar-refractivity contribution in [2.24, 2.45) is 0 Å². The highest BCUT2D eigenvalue weighted by Gasteiger charge is 2.21. The second-order valence-corrected chi connectivity index (χ2v) is 9.40. The summed E-state index contributed by atoms with van der Waals surface area (Å²) < 4.78 is 26.3. The second-order valence-electron chi connectivity index (χ2n) is 7.49. The Bertz CT molecular complexity index is 911. The summed E-state index contributed by atoms with van der Waals surface area (Å²) in [6.07, 6.45) is 2.73. The minimum Gasteiger partial charge on any atom is -0.356 e. The number of anilines is 1. The van der Waals surface area contributed by atoms with E-state index >= 15 is 0 Å². The maximum Gasteiger partial charge on any atom is 0.232 e. The molecule has 29 heavy (non-hydrogen) atoms. The van der Waals surface area contributed by atoms with E-state index in [1.807, 2.05) is 62.4 Å². The van der Waals surface area contributed by atoms with Gasteiger partial charge in [-0.15, -0.1) is 0 Å². The molecule has 2 rings (SSSR count). The smallest absolute Gasteiger partial charge is 0.232 e. The molecule has 2 aromatic carbocycles. The van der Waals surface area contributed by atoms with Gasteiger partial charge in [0.25, 0.3) is 0 Å². The molecule has 0 unspecified atom stereocenters. The highest BCUT2D eigenvalue weighted by atomic mass is 32.2. The molecule has 1 amide bonds. The number of hydrogen-bond acceptors (Lipinski definition) is 3. The average molecular weight is 417 g/mol. The monoisotopic (exact) mass is 416 g/mol. The lowest BCUT2D eigenvalue weighted by Gasteiger charge is -2.26. The van der Waals surface area contributed by atoms with E-state index in [2.05, 4.69) is 12.2 Å². The van der Waals surface area contributed by atoms with Gasteiger partial charge in [-0.1, -0.05) is 62.4 Å². The topological polar surface area (TPSA) is 66.5 Å². The molecule has 1 atom stereocenters. The predicted molar refractivity (Wildman–Crippen MR) is 120 cm³/mol. The summed E-state index contributed by atoms with van der Waals surface area (Å²) in [5, 5.41) is 2.96. The van der Waals surface area contributed by atoms with E-state index in [4.69, 9.17) is 0 Å². The molecule has 5 nitrogen and oxygen atoms in total. The van der Waals surface area contributed by atoms with Gasteiger partial charge in [-0.2, -0.15) is 0 Å². The molecule has 0 aliphatic carbocycles. The van der Waals surface area contributed by atoms with Crippen molar-refractivity contribution in [3.05, 3.63) is 65.2 Å². The molecule has 0 aliphatic rings. The Balaban J connectivity index is 1.95. The third-order valence-corrected chi connectivity index (χ3v) is 6.26. The molecule has 1 N–H and O–H groups in total. The minimum atomic E-state index is -3.43. The first kappa shape index (κ1) is 22.9. The number of carbonyl (C=O) groups excluding carboxylic acids is 1. The van der Waals surface area contributed by atoms with E-state index in [9.17, 15) is 13.2 Å². The van der Waals surface area contributed by atoms with Crippen LogP contribution in [0, 0.1) is 6.92 Å². The van der Waals surface area contributed by atoms with Crippen LogP contribution in [0.5, 0.6) is 0 Å². The number of para-hydroxylation sites is 1. The molecule has 0 saturated carbocycles. The van der Waals surface area contributed by atoms with Crippen LogP contribution < -0.4 is 9.62 Å². The Morgan fingerprint density at radius 2 is 1.79 bits per heavy atom. The quantitative estimate of drug-likeness (QED) is 0.636. The number of nitrogens with one attached hydrogen (secondary N) is 1. The third kappa shape index (κ3) is 6.60. The van der Waals surface area contributed by atoms with E-state index in [-0.39, 0.29) is 11.8 Å². The fraction of sp³-hybridized carbons (Fsp3) is 0.435. The van der Waals surface area contributed by atoms with Crippen LogP contribution in [0.1, 0.15) is 49.3 Å². The van der Waals surface area contributed by atoms with Crippen LogP contribution in [0.4, 0.5) is 5.69 Å². The largest absolute Gasteiger partial charge is 0.356 e. The second kappa shape index (κ2) is 10.4. The molecule has 0 bridgehead atoms. The number of carbonyl (C=O) groups is 1. The first-order chi connectivity index (χ1) is 13.7. The van der Waals surface area contributed by atoms with Gasteiger partial charge in [0, 0.05) is 19.5 Å². The standard InChI is InChI=1S/C23H32N2O3S/c1-5-20-14-9-11-18(2)23(20)25(29(4,27)28)16-10-15-22(26)24-17-19(3)21-12-7-6-8-13-21/h6-9,11-14,19H,5,10,15-17H2,1-4H3,(H,24,26)/t19-/m1/s1. The number of aryl methyl sites for hydroxylation is 2. The molecular weight excluding hydrogens is 384 g/mol. The number of sulfonamides is 1. The Kier molecular flexibility index (Phi) is 8.26. The molecule has 158 valence electrons. The summed E-state index contributed by atoms with van der Waals surface area (Å²) >= 11 is 0. The normalized spacial score (nSPS) is 12.4. The molecular formula is C23H32N2O3S. The summed E-state index contributed by atoms with van der Waals surface area (Å²) in [4.78, 5) is 12.3. The van der Waals surface area contributed by atoms with Gasteiger partial charge in [0.05, 0.1) is 11.9 Å². The Hall–Kier alpha value is -2.34. The van der Waals surface area contributed by atoms with Gasteiger partial charge in [-0.25, -0.2) is 8.42 Å². The van der Waals surface area contributed by atoms with Gasteiger partial charge >= 0.3 is 0 Å². The summed E-state index contributed by atoms with van der Waals surface area (Å²) in [6, 6.07) is 15.9. The van der Waals surface area contributed by atoms with Crippen LogP contribution >= 0.6 is 0 Å². The van der Waals surface area contributed by atoms with Crippen molar-refractivity contribution < 1.29 is 13.2 Å². The van der Waals surface area contributed by atoms with Crippen molar-refractivity contribution >= 4 is 21.6 Å². The fourth-order valence-corrected chi connectivity index (χ4v) is 4.50. The Morgan fingerprint density at radius 3 is 2.41 bits per heavy atom. The first-order valence-corrected chi connectivity index (χ1v) is 12.0. The lowest BCUT2D eigenvalue weighted by molar-refractivity contribution is -0.121. The van der Waals surface area contributed by atoms with Crippen LogP contribution in [0.3, 0.4) is 0 Å². The molecule has 0 spiro atoms. The number of hydrogen-bond donors (Lipinski definition) is 1. The third-order valence-electron chi connectivity index (χ3n) is 5.09.